The van der Waals surface area contributed by atoms with Crippen LogP contribution >= 0.6 is 0 Å². The van der Waals surface area contributed by atoms with Crippen LogP contribution in [0.2, 0.25) is 0 Å². The number of nitrogens with zero attached hydrogens (tertiary/aromatic N) is 1. The lowest BCUT2D eigenvalue weighted by Gasteiger charge is -2.16. The third-order valence-corrected chi connectivity index (χ3v) is 2.79. The van der Waals surface area contributed by atoms with Gasteiger partial charge >= 0.3 is 0 Å². The van der Waals surface area contributed by atoms with Gasteiger partial charge in [-0.1, -0.05) is 25.5 Å². The van der Waals surface area contributed by atoms with Gasteiger partial charge in [0.05, 0.1) is 18.7 Å². The summed E-state index contributed by atoms with van der Waals surface area (Å²) < 4.78 is 5.48. The number of likely N-dealkylation sites (N-methyl/N-ethyl adjacent to an activating group) is 1. The summed E-state index contributed by atoms with van der Waals surface area (Å²) in [7, 11) is 1.98. The van der Waals surface area contributed by atoms with E-state index in [1.54, 1.807) is 0 Å². The van der Waals surface area contributed by atoms with Crippen molar-refractivity contribution < 1.29 is 9.53 Å². The molecule has 1 rings (SSSR count). The molecule has 0 fully saturated rings. The summed E-state index contributed by atoms with van der Waals surface area (Å²) in [6, 6.07) is 7.45. The first-order valence-corrected chi connectivity index (χ1v) is 6.62. The lowest BCUT2D eigenvalue weighted by atomic mass is 10.1. The molecule has 3 nitrogen and oxygen atoms in total. The molecule has 0 radical (unpaired) electrons. The van der Waals surface area contributed by atoms with Crippen molar-refractivity contribution in [1.29, 1.82) is 0 Å². The standard InChI is InChI=1S/C15H23NO2/c1-4-6-11-16(3)12-14(17)13-9-7-8-10-15(13)18-5-2/h7-10H,4-6,11-12H2,1-3H3. The fourth-order valence-electron chi connectivity index (χ4n) is 1.82. The van der Waals surface area contributed by atoms with E-state index in [-0.39, 0.29) is 5.78 Å². The van der Waals surface area contributed by atoms with Gasteiger partial charge in [0.1, 0.15) is 5.75 Å². The number of hydrogen-bond acceptors (Lipinski definition) is 3. The van der Waals surface area contributed by atoms with Crippen LogP contribution in [-0.4, -0.2) is 37.4 Å². The van der Waals surface area contributed by atoms with Gasteiger partial charge in [0, 0.05) is 0 Å². The molecule has 0 heterocycles. The van der Waals surface area contributed by atoms with Crippen molar-refractivity contribution >= 4 is 5.78 Å². The maximum absolute atomic E-state index is 12.2. The van der Waals surface area contributed by atoms with E-state index in [9.17, 15) is 4.79 Å². The number of carbonyl (C=O) groups excluding carboxylic acids is 1. The monoisotopic (exact) mass is 249 g/mol. The first-order valence-electron chi connectivity index (χ1n) is 6.62. The largest absolute Gasteiger partial charge is 0.493 e. The van der Waals surface area contributed by atoms with E-state index >= 15 is 0 Å². The molecule has 0 aliphatic heterocycles. The van der Waals surface area contributed by atoms with Crippen LogP contribution in [0.5, 0.6) is 5.75 Å². The van der Waals surface area contributed by atoms with Gasteiger partial charge < -0.3 is 4.74 Å². The minimum absolute atomic E-state index is 0.123. The van der Waals surface area contributed by atoms with Crippen molar-refractivity contribution in [2.45, 2.75) is 26.7 Å². The van der Waals surface area contributed by atoms with E-state index in [0.717, 1.165) is 19.4 Å². The van der Waals surface area contributed by atoms with Gasteiger partial charge in [-0.2, -0.15) is 0 Å². The predicted molar refractivity (Wildman–Crippen MR) is 74.3 cm³/mol. The maximum Gasteiger partial charge on any atom is 0.180 e. The molecule has 0 aliphatic carbocycles. The van der Waals surface area contributed by atoms with E-state index in [1.165, 1.54) is 0 Å². The second-order valence-electron chi connectivity index (χ2n) is 4.44. The number of carbonyl (C=O) groups is 1. The Morgan fingerprint density at radius 1 is 1.28 bits per heavy atom. The van der Waals surface area contributed by atoms with Gasteiger partial charge in [0.15, 0.2) is 5.78 Å². The number of ketones is 1. The average molecular weight is 249 g/mol. The van der Waals surface area contributed by atoms with Crippen LogP contribution in [0.4, 0.5) is 0 Å². The van der Waals surface area contributed by atoms with E-state index in [1.807, 2.05) is 38.2 Å². The summed E-state index contributed by atoms with van der Waals surface area (Å²) in [4.78, 5) is 14.3. The molecule has 0 unspecified atom stereocenters. The normalized spacial score (nSPS) is 10.7. The van der Waals surface area contributed by atoms with Crippen LogP contribution in [-0.2, 0) is 0 Å². The Bertz CT molecular complexity index is 377. The molecule has 0 amide bonds. The Morgan fingerprint density at radius 3 is 2.67 bits per heavy atom. The number of Topliss-reactive ketones (excluding diaryl/α,β-unsaturated/α-hetero) is 1. The maximum atomic E-state index is 12.2. The highest BCUT2D eigenvalue weighted by molar-refractivity contribution is 6.00. The Kier molecular flexibility index (Phi) is 6.44. The average Bonchev–Trinajstić information content (AvgIpc) is 2.37. The minimum atomic E-state index is 0.123. The third-order valence-electron chi connectivity index (χ3n) is 2.79. The smallest absolute Gasteiger partial charge is 0.180 e. The predicted octanol–water partition coefficient (Wildman–Crippen LogP) is 3.00. The van der Waals surface area contributed by atoms with Crippen molar-refractivity contribution in [3.05, 3.63) is 29.8 Å². The lowest BCUT2D eigenvalue weighted by molar-refractivity contribution is 0.0942. The zero-order valence-corrected chi connectivity index (χ0v) is 11.6. The van der Waals surface area contributed by atoms with Crippen molar-refractivity contribution in [3.8, 4) is 5.75 Å². The van der Waals surface area contributed by atoms with E-state index in [0.29, 0.717) is 24.5 Å². The Labute approximate surface area is 110 Å². The van der Waals surface area contributed by atoms with Crippen molar-refractivity contribution in [2.24, 2.45) is 0 Å². The highest BCUT2D eigenvalue weighted by atomic mass is 16.5. The highest BCUT2D eigenvalue weighted by Crippen LogP contribution is 2.18. The molecule has 3 heteroatoms. The van der Waals surface area contributed by atoms with Crippen LogP contribution in [0.15, 0.2) is 24.3 Å². The second kappa shape index (κ2) is 7.88. The molecule has 1 aromatic rings. The molecule has 1 aromatic carbocycles. The molecule has 0 saturated carbocycles. The second-order valence-corrected chi connectivity index (χ2v) is 4.44. The highest BCUT2D eigenvalue weighted by Gasteiger charge is 2.13. The molecule has 0 spiro atoms. The SMILES string of the molecule is CCCCN(C)CC(=O)c1ccccc1OCC. The molecule has 0 saturated heterocycles. The fourth-order valence-corrected chi connectivity index (χ4v) is 1.82. The first-order chi connectivity index (χ1) is 8.69. The van der Waals surface area contributed by atoms with Crippen LogP contribution in [0.25, 0.3) is 0 Å². The molecule has 0 bridgehead atoms. The summed E-state index contributed by atoms with van der Waals surface area (Å²) in [5.74, 6) is 0.812. The number of rotatable bonds is 8. The van der Waals surface area contributed by atoms with Crippen LogP contribution in [0.1, 0.15) is 37.0 Å². The number of ether oxygens (including phenoxy) is 1. The molecule has 0 atom stereocenters. The van der Waals surface area contributed by atoms with E-state index in [4.69, 9.17) is 4.74 Å². The fraction of sp³-hybridized carbons (Fsp3) is 0.533. The molecular weight excluding hydrogens is 226 g/mol. The zero-order valence-electron chi connectivity index (χ0n) is 11.6. The lowest BCUT2D eigenvalue weighted by Crippen LogP contribution is -2.27. The summed E-state index contributed by atoms with van der Waals surface area (Å²) in [6.45, 7) is 6.06. The van der Waals surface area contributed by atoms with Crippen molar-refractivity contribution in [2.75, 3.05) is 26.7 Å². The summed E-state index contributed by atoms with van der Waals surface area (Å²) in [5.41, 5.74) is 0.683. The van der Waals surface area contributed by atoms with Gasteiger partial charge in [-0.15, -0.1) is 0 Å². The topological polar surface area (TPSA) is 29.5 Å². The Balaban J connectivity index is 2.65. The molecule has 0 N–H and O–H groups in total. The summed E-state index contributed by atoms with van der Waals surface area (Å²) in [6.07, 6.45) is 2.27. The van der Waals surface area contributed by atoms with Gasteiger partial charge in [-0.25, -0.2) is 0 Å². The summed E-state index contributed by atoms with van der Waals surface area (Å²) in [5, 5.41) is 0. The summed E-state index contributed by atoms with van der Waals surface area (Å²) >= 11 is 0. The number of unbranched alkanes of at least 4 members (excludes halogenated alkanes) is 1. The van der Waals surface area contributed by atoms with Gasteiger partial charge in [0.2, 0.25) is 0 Å². The number of hydrogen-bond donors (Lipinski definition) is 0. The first kappa shape index (κ1) is 14.7. The Morgan fingerprint density at radius 2 is 2.00 bits per heavy atom. The molecule has 18 heavy (non-hydrogen) atoms. The van der Waals surface area contributed by atoms with Crippen molar-refractivity contribution in [3.63, 3.8) is 0 Å². The van der Waals surface area contributed by atoms with E-state index < -0.39 is 0 Å². The minimum Gasteiger partial charge on any atom is -0.493 e. The van der Waals surface area contributed by atoms with E-state index in [2.05, 4.69) is 11.8 Å². The molecule has 0 aromatic heterocycles. The molecular formula is C15H23NO2. The molecule has 0 aliphatic rings. The number of para-hydroxylation sites is 1. The Hall–Kier alpha value is -1.35. The zero-order chi connectivity index (χ0) is 13.4. The van der Waals surface area contributed by atoms with Gasteiger partial charge in [-0.3, -0.25) is 9.69 Å². The van der Waals surface area contributed by atoms with Crippen LogP contribution in [0, 0.1) is 0 Å². The van der Waals surface area contributed by atoms with Gasteiger partial charge in [-0.05, 0) is 39.1 Å². The number of benzene rings is 1. The quantitative estimate of drug-likeness (QED) is 0.663. The van der Waals surface area contributed by atoms with Gasteiger partial charge in [0.25, 0.3) is 0 Å². The van der Waals surface area contributed by atoms with Crippen LogP contribution < -0.4 is 4.74 Å². The molecule has 100 valence electrons. The van der Waals surface area contributed by atoms with Crippen LogP contribution in [0.3, 0.4) is 0 Å². The van der Waals surface area contributed by atoms with Crippen molar-refractivity contribution in [1.82, 2.24) is 4.90 Å². The third kappa shape index (κ3) is 4.49.